The third-order valence-electron chi connectivity index (χ3n) is 5.96. The monoisotopic (exact) mass is 503 g/mol. The van der Waals surface area contributed by atoms with Crippen LogP contribution in [0.3, 0.4) is 0 Å². The van der Waals surface area contributed by atoms with Gasteiger partial charge in [0.1, 0.15) is 6.04 Å². The number of thioether (sulfide) groups is 1. The number of carbonyl (C=O) groups excluding carboxylic acids is 1. The van der Waals surface area contributed by atoms with Crippen molar-refractivity contribution in [2.24, 2.45) is 4.99 Å². The van der Waals surface area contributed by atoms with Crippen LogP contribution < -0.4 is 4.80 Å². The van der Waals surface area contributed by atoms with Crippen molar-refractivity contribution in [3.05, 3.63) is 57.9 Å². The zero-order chi connectivity index (χ0) is 23.8. The highest BCUT2D eigenvalue weighted by Gasteiger charge is 2.39. The van der Waals surface area contributed by atoms with Crippen LogP contribution >= 0.6 is 23.1 Å². The summed E-state index contributed by atoms with van der Waals surface area (Å²) in [5, 5.41) is 0. The fourth-order valence-corrected chi connectivity index (χ4v) is 7.41. The van der Waals surface area contributed by atoms with E-state index in [-0.39, 0.29) is 10.8 Å². The molecule has 1 aromatic heterocycles. The molecule has 4 rings (SSSR count). The Kier molecular flexibility index (Phi) is 7.14. The van der Waals surface area contributed by atoms with Gasteiger partial charge in [0.05, 0.1) is 15.1 Å². The van der Waals surface area contributed by atoms with Crippen LogP contribution in [0.4, 0.5) is 0 Å². The Labute approximate surface area is 203 Å². The molecular weight excluding hydrogens is 474 g/mol. The predicted octanol–water partition coefficient (Wildman–Crippen LogP) is 4.27. The molecule has 3 aromatic rings. The molecule has 0 bridgehead atoms. The minimum atomic E-state index is -3.76. The summed E-state index contributed by atoms with van der Waals surface area (Å²) in [7, 11) is -3.76. The number of amides is 1. The normalized spacial score (nSPS) is 17.8. The van der Waals surface area contributed by atoms with E-state index >= 15 is 0 Å². The zero-order valence-corrected chi connectivity index (χ0v) is 21.8. The maximum Gasteiger partial charge on any atom is 0.266 e. The summed E-state index contributed by atoms with van der Waals surface area (Å²) in [5.41, 5.74) is 4.39. The molecule has 0 aliphatic carbocycles. The van der Waals surface area contributed by atoms with Gasteiger partial charge in [0.15, 0.2) is 4.80 Å². The largest absolute Gasteiger partial charge is 0.315 e. The first-order valence-electron chi connectivity index (χ1n) is 11.0. The van der Waals surface area contributed by atoms with Gasteiger partial charge >= 0.3 is 0 Å². The van der Waals surface area contributed by atoms with Crippen molar-refractivity contribution < 1.29 is 13.2 Å². The van der Waals surface area contributed by atoms with Crippen molar-refractivity contribution in [1.82, 2.24) is 8.87 Å². The van der Waals surface area contributed by atoms with Crippen LogP contribution in [0, 0.1) is 20.8 Å². The molecule has 33 heavy (non-hydrogen) atoms. The highest BCUT2D eigenvalue weighted by atomic mass is 32.2. The molecule has 1 aliphatic rings. The van der Waals surface area contributed by atoms with Crippen LogP contribution in [-0.4, -0.2) is 47.8 Å². The summed E-state index contributed by atoms with van der Waals surface area (Å²) in [5.74, 6) is 0.513. The summed E-state index contributed by atoms with van der Waals surface area (Å²) < 4.78 is 31.1. The first-order chi connectivity index (χ1) is 15.7. The van der Waals surface area contributed by atoms with Crippen molar-refractivity contribution >= 4 is 49.2 Å². The number of thiazole rings is 1. The minimum Gasteiger partial charge on any atom is -0.315 e. The molecule has 6 nitrogen and oxygen atoms in total. The molecule has 9 heteroatoms. The third kappa shape index (κ3) is 4.82. The van der Waals surface area contributed by atoms with Gasteiger partial charge in [0.2, 0.25) is 10.0 Å². The van der Waals surface area contributed by atoms with Crippen LogP contribution in [0.1, 0.15) is 29.5 Å². The Morgan fingerprint density at radius 3 is 2.58 bits per heavy atom. The van der Waals surface area contributed by atoms with E-state index in [1.54, 1.807) is 36.0 Å². The van der Waals surface area contributed by atoms with E-state index in [0.29, 0.717) is 24.2 Å². The smallest absolute Gasteiger partial charge is 0.266 e. The molecule has 2 heterocycles. The minimum absolute atomic E-state index is 0.218. The van der Waals surface area contributed by atoms with Crippen LogP contribution in [-0.2, 0) is 21.4 Å². The standard InChI is InChI=1S/C24H29N3O3S3/c1-16-7-9-19(10-8-16)33(29,30)27-11-5-6-20(27)23(28)25-24-26(12-13-31-4)21-15-17(2)14-18(3)22(21)32-24/h7-10,14-15,20H,5-6,11-13H2,1-4H3. The fourth-order valence-electron chi connectivity index (χ4n) is 4.29. The highest BCUT2D eigenvalue weighted by molar-refractivity contribution is 7.98. The molecule has 1 unspecified atom stereocenters. The number of fused-ring (bicyclic) bond motifs is 1. The third-order valence-corrected chi connectivity index (χ3v) is 9.70. The van der Waals surface area contributed by atoms with Crippen LogP contribution in [0.5, 0.6) is 0 Å². The summed E-state index contributed by atoms with van der Waals surface area (Å²) in [6.45, 7) is 7.13. The lowest BCUT2D eigenvalue weighted by molar-refractivity contribution is -0.121. The maximum atomic E-state index is 13.3. The second kappa shape index (κ2) is 9.74. The van der Waals surface area contributed by atoms with Gasteiger partial charge in [0, 0.05) is 18.8 Å². The van der Waals surface area contributed by atoms with Crippen LogP contribution in [0.2, 0.25) is 0 Å². The Hall–Kier alpha value is -1.94. The van der Waals surface area contributed by atoms with E-state index in [4.69, 9.17) is 0 Å². The first kappa shape index (κ1) is 24.2. The van der Waals surface area contributed by atoms with Crippen molar-refractivity contribution in [3.63, 3.8) is 0 Å². The molecule has 2 aromatic carbocycles. The molecule has 0 spiro atoms. The van der Waals surface area contributed by atoms with Gasteiger partial charge in [-0.25, -0.2) is 8.42 Å². The SMILES string of the molecule is CSCCn1c(=NC(=O)C2CCCN2S(=O)(=O)c2ccc(C)cc2)sc2c(C)cc(C)cc21. The van der Waals surface area contributed by atoms with Crippen LogP contribution in [0.15, 0.2) is 46.3 Å². The summed E-state index contributed by atoms with van der Waals surface area (Å²) >= 11 is 3.24. The number of hydrogen-bond donors (Lipinski definition) is 0. The van der Waals surface area contributed by atoms with Gasteiger partial charge in [-0.1, -0.05) is 35.1 Å². The molecule has 0 radical (unpaired) electrons. The lowest BCUT2D eigenvalue weighted by Gasteiger charge is -2.21. The number of aryl methyl sites for hydroxylation is 4. The van der Waals surface area contributed by atoms with E-state index in [1.165, 1.54) is 21.2 Å². The summed E-state index contributed by atoms with van der Waals surface area (Å²) in [6.07, 6.45) is 3.19. The summed E-state index contributed by atoms with van der Waals surface area (Å²) in [6, 6.07) is 10.3. The van der Waals surface area contributed by atoms with Gasteiger partial charge in [-0.3, -0.25) is 4.79 Å². The molecule has 1 fully saturated rings. The number of benzene rings is 2. The van der Waals surface area contributed by atoms with Crippen molar-refractivity contribution in [2.45, 2.75) is 51.1 Å². The Bertz CT molecular complexity index is 1360. The average molecular weight is 504 g/mol. The van der Waals surface area contributed by atoms with E-state index < -0.39 is 16.1 Å². The number of nitrogens with zero attached hydrogens (tertiary/aromatic N) is 3. The number of rotatable bonds is 6. The van der Waals surface area contributed by atoms with E-state index in [9.17, 15) is 13.2 Å². The number of aromatic nitrogens is 1. The average Bonchev–Trinajstić information content (AvgIpc) is 3.39. The highest BCUT2D eigenvalue weighted by Crippen LogP contribution is 2.28. The second-order valence-electron chi connectivity index (χ2n) is 8.50. The number of hydrogen-bond acceptors (Lipinski definition) is 5. The zero-order valence-electron chi connectivity index (χ0n) is 19.4. The van der Waals surface area contributed by atoms with Gasteiger partial charge in [-0.2, -0.15) is 21.1 Å². The predicted molar refractivity (Wildman–Crippen MR) is 136 cm³/mol. The Balaban J connectivity index is 1.74. The lowest BCUT2D eigenvalue weighted by Crippen LogP contribution is -2.40. The first-order valence-corrected chi connectivity index (χ1v) is 14.6. The molecule has 0 N–H and O–H groups in total. The Morgan fingerprint density at radius 2 is 1.88 bits per heavy atom. The van der Waals surface area contributed by atoms with E-state index in [1.807, 2.05) is 6.92 Å². The topological polar surface area (TPSA) is 71.7 Å². The molecule has 1 saturated heterocycles. The second-order valence-corrected chi connectivity index (χ2v) is 12.3. The quantitative estimate of drug-likeness (QED) is 0.504. The van der Waals surface area contributed by atoms with E-state index in [2.05, 4.69) is 41.8 Å². The van der Waals surface area contributed by atoms with Gasteiger partial charge in [0.25, 0.3) is 5.91 Å². The molecule has 1 amide bonds. The van der Waals surface area contributed by atoms with Crippen molar-refractivity contribution in [2.75, 3.05) is 18.6 Å². The number of sulfonamides is 1. The van der Waals surface area contributed by atoms with Gasteiger partial charge in [-0.05, 0) is 69.2 Å². The molecular formula is C24H29N3O3S3. The van der Waals surface area contributed by atoms with Gasteiger partial charge < -0.3 is 4.57 Å². The van der Waals surface area contributed by atoms with Crippen LogP contribution in [0.25, 0.3) is 10.2 Å². The molecule has 176 valence electrons. The fraction of sp³-hybridized carbons (Fsp3) is 0.417. The molecule has 1 atom stereocenters. The van der Waals surface area contributed by atoms with Gasteiger partial charge in [-0.15, -0.1) is 0 Å². The lowest BCUT2D eigenvalue weighted by atomic mass is 10.1. The van der Waals surface area contributed by atoms with Crippen molar-refractivity contribution in [3.8, 4) is 0 Å². The Morgan fingerprint density at radius 1 is 1.15 bits per heavy atom. The van der Waals surface area contributed by atoms with E-state index in [0.717, 1.165) is 33.6 Å². The summed E-state index contributed by atoms with van der Waals surface area (Å²) in [4.78, 5) is 18.7. The maximum absolute atomic E-state index is 13.3. The molecule has 1 aliphatic heterocycles. The molecule has 0 saturated carbocycles. The number of carbonyl (C=O) groups is 1. The van der Waals surface area contributed by atoms with Crippen molar-refractivity contribution in [1.29, 1.82) is 0 Å².